The number of benzene rings is 2. The van der Waals surface area contributed by atoms with Crippen molar-refractivity contribution in [1.29, 1.82) is 0 Å². The predicted molar refractivity (Wildman–Crippen MR) is 103 cm³/mol. The van der Waals surface area contributed by atoms with E-state index < -0.39 is 0 Å². The van der Waals surface area contributed by atoms with Gasteiger partial charge in [0.15, 0.2) is 0 Å². The summed E-state index contributed by atoms with van der Waals surface area (Å²) in [6, 6.07) is 20.6. The maximum Gasteiger partial charge on any atom is 0.239 e. The molecular formula is C21H27N3O. The van der Waals surface area contributed by atoms with E-state index in [4.69, 9.17) is 0 Å². The first kappa shape index (κ1) is 17.5. The first-order valence-corrected chi connectivity index (χ1v) is 9.05. The van der Waals surface area contributed by atoms with Gasteiger partial charge < -0.3 is 9.80 Å². The Morgan fingerprint density at radius 3 is 2.04 bits per heavy atom. The Labute approximate surface area is 150 Å². The number of carbonyl (C=O) groups excluding carboxylic acids is 1. The van der Waals surface area contributed by atoms with Crippen molar-refractivity contribution >= 4 is 11.6 Å². The molecule has 4 heteroatoms. The maximum atomic E-state index is 12.8. The minimum atomic E-state index is -0.182. The quantitative estimate of drug-likeness (QED) is 0.911. The average molecular weight is 337 g/mol. The lowest BCUT2D eigenvalue weighted by Crippen LogP contribution is -2.53. The molecule has 0 unspecified atom stereocenters. The van der Waals surface area contributed by atoms with Crippen LogP contribution >= 0.6 is 0 Å². The van der Waals surface area contributed by atoms with Crippen LogP contribution < -0.4 is 10.2 Å². The molecule has 0 radical (unpaired) electrons. The molecule has 0 bridgehead atoms. The van der Waals surface area contributed by atoms with Gasteiger partial charge in [-0.2, -0.15) is 0 Å². The summed E-state index contributed by atoms with van der Waals surface area (Å²) in [5.41, 5.74) is 2.44. The number of anilines is 1. The molecule has 2 aromatic carbocycles. The zero-order valence-electron chi connectivity index (χ0n) is 15.1. The number of piperazine rings is 1. The Bertz CT molecular complexity index is 666. The Morgan fingerprint density at radius 2 is 1.44 bits per heavy atom. The molecule has 0 saturated carbocycles. The minimum absolute atomic E-state index is 0.158. The lowest BCUT2D eigenvalue weighted by atomic mass is 10.1. The number of nitrogens with one attached hydrogen (secondary N) is 1. The molecule has 3 rings (SSSR count). The van der Waals surface area contributed by atoms with Gasteiger partial charge in [0.1, 0.15) is 0 Å². The van der Waals surface area contributed by atoms with Gasteiger partial charge in [0.2, 0.25) is 5.91 Å². The lowest BCUT2D eigenvalue weighted by Gasteiger charge is -2.37. The topological polar surface area (TPSA) is 35.6 Å². The molecule has 2 atom stereocenters. The molecule has 4 nitrogen and oxygen atoms in total. The largest absolute Gasteiger partial charge is 0.368 e. The van der Waals surface area contributed by atoms with Crippen molar-refractivity contribution in [3.63, 3.8) is 0 Å². The molecule has 0 aromatic heterocycles. The van der Waals surface area contributed by atoms with Crippen LogP contribution in [0.25, 0.3) is 0 Å². The van der Waals surface area contributed by atoms with Crippen molar-refractivity contribution in [2.45, 2.75) is 25.9 Å². The number of hydrogen-bond donors (Lipinski definition) is 1. The van der Waals surface area contributed by atoms with E-state index in [2.05, 4.69) is 53.5 Å². The Kier molecular flexibility index (Phi) is 5.71. The van der Waals surface area contributed by atoms with Gasteiger partial charge in [-0.1, -0.05) is 48.5 Å². The summed E-state index contributed by atoms with van der Waals surface area (Å²) in [7, 11) is 0. The summed E-state index contributed by atoms with van der Waals surface area (Å²) in [5.74, 6) is 0.190. The monoisotopic (exact) mass is 337 g/mol. The Morgan fingerprint density at radius 1 is 0.880 bits per heavy atom. The summed E-state index contributed by atoms with van der Waals surface area (Å²) >= 11 is 0. The molecule has 0 spiro atoms. The zero-order chi connectivity index (χ0) is 17.6. The second-order valence-electron chi connectivity index (χ2n) is 6.67. The molecule has 1 N–H and O–H groups in total. The molecule has 1 heterocycles. The van der Waals surface area contributed by atoms with E-state index in [1.54, 1.807) is 0 Å². The van der Waals surface area contributed by atoms with Crippen molar-refractivity contribution in [1.82, 2.24) is 10.2 Å². The van der Waals surface area contributed by atoms with E-state index in [1.165, 1.54) is 11.3 Å². The first-order valence-electron chi connectivity index (χ1n) is 9.05. The standard InChI is InChI=1S/C21H27N3O/c1-17(19-9-5-3-6-10-19)22-18(2)21(25)24-15-13-23(14-16-24)20-11-7-4-8-12-20/h3-12,17-18,22H,13-16H2,1-2H3/t17-,18+/m1/s1. The van der Waals surface area contributed by atoms with Gasteiger partial charge in [-0.25, -0.2) is 0 Å². The summed E-state index contributed by atoms with van der Waals surface area (Å²) < 4.78 is 0. The number of hydrogen-bond acceptors (Lipinski definition) is 3. The fraction of sp³-hybridized carbons (Fsp3) is 0.381. The third-order valence-corrected chi connectivity index (χ3v) is 4.88. The predicted octanol–water partition coefficient (Wildman–Crippen LogP) is 3.07. The van der Waals surface area contributed by atoms with Crippen LogP contribution in [0.5, 0.6) is 0 Å². The number of amides is 1. The fourth-order valence-corrected chi connectivity index (χ4v) is 3.38. The normalized spacial score (nSPS) is 17.2. The number of para-hydroxylation sites is 1. The van der Waals surface area contributed by atoms with E-state index in [0.717, 1.165) is 26.2 Å². The molecule has 1 aliphatic heterocycles. The SMILES string of the molecule is C[C@H](N[C@H](C)c1ccccc1)C(=O)N1CCN(c2ccccc2)CC1. The number of carbonyl (C=O) groups is 1. The Hall–Kier alpha value is -2.33. The van der Waals surface area contributed by atoms with Crippen molar-refractivity contribution in [2.75, 3.05) is 31.1 Å². The molecule has 25 heavy (non-hydrogen) atoms. The maximum absolute atomic E-state index is 12.8. The molecule has 1 amide bonds. The van der Waals surface area contributed by atoms with E-state index >= 15 is 0 Å². The molecule has 0 aliphatic carbocycles. The first-order chi connectivity index (χ1) is 12.1. The van der Waals surface area contributed by atoms with Crippen LogP contribution in [0.15, 0.2) is 60.7 Å². The lowest BCUT2D eigenvalue weighted by molar-refractivity contribution is -0.133. The van der Waals surface area contributed by atoms with Crippen LogP contribution in [0.4, 0.5) is 5.69 Å². The van der Waals surface area contributed by atoms with Gasteiger partial charge in [0.05, 0.1) is 6.04 Å². The second-order valence-corrected chi connectivity index (χ2v) is 6.67. The molecule has 2 aromatic rings. The van der Waals surface area contributed by atoms with Crippen molar-refractivity contribution in [2.24, 2.45) is 0 Å². The fourth-order valence-electron chi connectivity index (χ4n) is 3.38. The number of rotatable bonds is 5. The van der Waals surface area contributed by atoms with Crippen molar-refractivity contribution in [3.05, 3.63) is 66.2 Å². The van der Waals surface area contributed by atoms with Crippen LogP contribution in [-0.4, -0.2) is 43.0 Å². The van der Waals surface area contributed by atoms with Gasteiger partial charge >= 0.3 is 0 Å². The highest BCUT2D eigenvalue weighted by molar-refractivity contribution is 5.81. The molecule has 1 fully saturated rings. The molecule has 132 valence electrons. The van der Waals surface area contributed by atoms with E-state index in [0.29, 0.717) is 0 Å². The van der Waals surface area contributed by atoms with Crippen LogP contribution in [0.2, 0.25) is 0 Å². The molecule has 1 saturated heterocycles. The Balaban J connectivity index is 1.52. The zero-order valence-corrected chi connectivity index (χ0v) is 15.1. The highest BCUT2D eigenvalue weighted by atomic mass is 16.2. The van der Waals surface area contributed by atoms with Crippen molar-refractivity contribution in [3.8, 4) is 0 Å². The van der Waals surface area contributed by atoms with E-state index in [1.807, 2.05) is 36.1 Å². The van der Waals surface area contributed by atoms with Crippen LogP contribution in [0.1, 0.15) is 25.5 Å². The highest BCUT2D eigenvalue weighted by Crippen LogP contribution is 2.17. The summed E-state index contributed by atoms with van der Waals surface area (Å²) in [6.45, 7) is 7.39. The van der Waals surface area contributed by atoms with Gasteiger partial charge in [-0.3, -0.25) is 10.1 Å². The number of nitrogens with zero attached hydrogens (tertiary/aromatic N) is 2. The highest BCUT2D eigenvalue weighted by Gasteiger charge is 2.25. The van der Waals surface area contributed by atoms with E-state index in [9.17, 15) is 4.79 Å². The smallest absolute Gasteiger partial charge is 0.239 e. The van der Waals surface area contributed by atoms with Gasteiger partial charge in [-0.05, 0) is 31.5 Å². The second kappa shape index (κ2) is 8.17. The third-order valence-electron chi connectivity index (χ3n) is 4.88. The summed E-state index contributed by atoms with van der Waals surface area (Å²) in [5, 5.41) is 3.43. The minimum Gasteiger partial charge on any atom is -0.368 e. The van der Waals surface area contributed by atoms with Crippen LogP contribution in [0.3, 0.4) is 0 Å². The molecule has 1 aliphatic rings. The van der Waals surface area contributed by atoms with Crippen LogP contribution in [0, 0.1) is 0 Å². The van der Waals surface area contributed by atoms with Gasteiger partial charge in [0, 0.05) is 37.9 Å². The average Bonchev–Trinajstić information content (AvgIpc) is 2.69. The van der Waals surface area contributed by atoms with Gasteiger partial charge in [0.25, 0.3) is 0 Å². The summed E-state index contributed by atoms with van der Waals surface area (Å²) in [4.78, 5) is 17.1. The summed E-state index contributed by atoms with van der Waals surface area (Å²) in [6.07, 6.45) is 0. The van der Waals surface area contributed by atoms with Crippen LogP contribution in [-0.2, 0) is 4.79 Å². The van der Waals surface area contributed by atoms with Gasteiger partial charge in [-0.15, -0.1) is 0 Å². The third kappa shape index (κ3) is 4.40. The molecular weight excluding hydrogens is 310 g/mol. The van der Waals surface area contributed by atoms with Crippen molar-refractivity contribution < 1.29 is 4.79 Å². The van der Waals surface area contributed by atoms with E-state index in [-0.39, 0.29) is 18.0 Å².